The van der Waals surface area contributed by atoms with Crippen molar-refractivity contribution < 1.29 is 14.9 Å². The predicted molar refractivity (Wildman–Crippen MR) is 93.9 cm³/mol. The highest BCUT2D eigenvalue weighted by Crippen LogP contribution is 2.36. The van der Waals surface area contributed by atoms with Gasteiger partial charge in [-0.15, -0.1) is 12.4 Å². The monoisotopic (exact) mass is 337 g/mol. The van der Waals surface area contributed by atoms with E-state index < -0.39 is 11.5 Å². The molecule has 0 spiro atoms. The van der Waals surface area contributed by atoms with Crippen molar-refractivity contribution >= 4 is 12.4 Å². The largest absolute Gasteiger partial charge is 0.507 e. The van der Waals surface area contributed by atoms with Crippen LogP contribution in [0.3, 0.4) is 0 Å². The van der Waals surface area contributed by atoms with Crippen LogP contribution < -0.4 is 10.5 Å². The van der Waals surface area contributed by atoms with Crippen molar-refractivity contribution in [2.75, 3.05) is 6.61 Å². The van der Waals surface area contributed by atoms with Crippen LogP contribution in [0.5, 0.6) is 11.5 Å². The smallest absolute Gasteiger partial charge is 0.124 e. The first-order valence-corrected chi connectivity index (χ1v) is 7.30. The van der Waals surface area contributed by atoms with Crippen LogP contribution in [0.2, 0.25) is 0 Å². The number of aliphatic hydroxyl groups excluding tert-OH is 1. The summed E-state index contributed by atoms with van der Waals surface area (Å²) in [4.78, 5) is 0. The van der Waals surface area contributed by atoms with Crippen LogP contribution in [0.25, 0.3) is 0 Å². The maximum absolute atomic E-state index is 10.2. The Bertz CT molecular complexity index is 617. The van der Waals surface area contributed by atoms with E-state index in [9.17, 15) is 10.2 Å². The second-order valence-corrected chi connectivity index (χ2v) is 6.12. The summed E-state index contributed by atoms with van der Waals surface area (Å²) >= 11 is 0. The molecule has 0 fully saturated rings. The standard InChI is InChI=1S/C18H23NO3.ClH/c1-18(2,12-20)17(19)15-9-8-14(10-16(15)21)22-11-13-6-4-3-5-7-13;/h3-10,17,20-21H,11-12,19H2,1-2H3;1H/t17-;/m0./s1. The van der Waals surface area contributed by atoms with Crippen molar-refractivity contribution in [1.29, 1.82) is 0 Å². The fourth-order valence-corrected chi connectivity index (χ4v) is 2.14. The van der Waals surface area contributed by atoms with Crippen molar-refractivity contribution in [2.45, 2.75) is 26.5 Å². The van der Waals surface area contributed by atoms with Crippen LogP contribution in [-0.4, -0.2) is 16.8 Å². The molecular formula is C18H24ClNO3. The highest BCUT2D eigenvalue weighted by Gasteiger charge is 2.28. The van der Waals surface area contributed by atoms with Gasteiger partial charge in [0.1, 0.15) is 18.1 Å². The molecule has 0 amide bonds. The maximum atomic E-state index is 10.2. The molecule has 0 aromatic heterocycles. The lowest BCUT2D eigenvalue weighted by Gasteiger charge is -2.30. The Morgan fingerprint density at radius 3 is 2.35 bits per heavy atom. The molecule has 0 bridgehead atoms. The summed E-state index contributed by atoms with van der Waals surface area (Å²) in [6, 6.07) is 14.5. The van der Waals surface area contributed by atoms with E-state index in [2.05, 4.69) is 0 Å². The van der Waals surface area contributed by atoms with Gasteiger partial charge in [-0.2, -0.15) is 0 Å². The minimum atomic E-state index is -0.510. The number of hydrogen-bond donors (Lipinski definition) is 3. The van der Waals surface area contributed by atoms with Gasteiger partial charge in [-0.25, -0.2) is 0 Å². The van der Waals surface area contributed by atoms with Crippen molar-refractivity contribution in [3.8, 4) is 11.5 Å². The molecule has 0 saturated carbocycles. The zero-order valence-electron chi connectivity index (χ0n) is 13.4. The van der Waals surface area contributed by atoms with Crippen LogP contribution in [0.1, 0.15) is 31.0 Å². The number of aromatic hydroxyl groups is 1. The number of phenols is 1. The van der Waals surface area contributed by atoms with Crippen LogP contribution in [0, 0.1) is 5.41 Å². The Kier molecular flexibility index (Phi) is 6.88. The van der Waals surface area contributed by atoms with Gasteiger partial charge in [-0.3, -0.25) is 0 Å². The van der Waals surface area contributed by atoms with Gasteiger partial charge >= 0.3 is 0 Å². The predicted octanol–water partition coefficient (Wildman–Crippen LogP) is 3.41. The molecule has 1 atom stereocenters. The Balaban J connectivity index is 0.00000264. The molecule has 0 aliphatic rings. The van der Waals surface area contributed by atoms with E-state index in [-0.39, 0.29) is 24.8 Å². The van der Waals surface area contributed by atoms with Crippen LogP contribution in [-0.2, 0) is 6.61 Å². The molecule has 126 valence electrons. The second-order valence-electron chi connectivity index (χ2n) is 6.12. The van der Waals surface area contributed by atoms with E-state index in [4.69, 9.17) is 10.5 Å². The lowest BCUT2D eigenvalue weighted by atomic mass is 9.81. The molecular weight excluding hydrogens is 314 g/mol. The molecule has 5 heteroatoms. The van der Waals surface area contributed by atoms with E-state index in [0.29, 0.717) is 17.9 Å². The zero-order chi connectivity index (χ0) is 16.2. The first-order valence-electron chi connectivity index (χ1n) is 7.30. The Hall–Kier alpha value is -1.75. The normalized spacial score (nSPS) is 12.3. The highest BCUT2D eigenvalue weighted by atomic mass is 35.5. The number of hydrogen-bond acceptors (Lipinski definition) is 4. The molecule has 2 aromatic carbocycles. The number of benzene rings is 2. The van der Waals surface area contributed by atoms with Crippen LogP contribution in [0.4, 0.5) is 0 Å². The van der Waals surface area contributed by atoms with Gasteiger partial charge in [0.2, 0.25) is 0 Å². The van der Waals surface area contributed by atoms with Gasteiger partial charge in [0.15, 0.2) is 0 Å². The molecule has 4 nitrogen and oxygen atoms in total. The van der Waals surface area contributed by atoms with Gasteiger partial charge in [-0.1, -0.05) is 50.2 Å². The summed E-state index contributed by atoms with van der Waals surface area (Å²) < 4.78 is 5.67. The first kappa shape index (κ1) is 19.3. The Morgan fingerprint density at radius 2 is 1.78 bits per heavy atom. The lowest BCUT2D eigenvalue weighted by Crippen LogP contribution is -2.32. The van der Waals surface area contributed by atoms with Crippen molar-refractivity contribution in [2.24, 2.45) is 11.1 Å². The number of aliphatic hydroxyl groups is 1. The van der Waals surface area contributed by atoms with E-state index in [1.165, 1.54) is 0 Å². The third-order valence-corrected chi connectivity index (χ3v) is 3.83. The third-order valence-electron chi connectivity index (χ3n) is 3.83. The summed E-state index contributed by atoms with van der Waals surface area (Å²) in [7, 11) is 0. The van der Waals surface area contributed by atoms with Gasteiger partial charge in [0, 0.05) is 29.7 Å². The van der Waals surface area contributed by atoms with E-state index in [1.54, 1.807) is 18.2 Å². The quantitative estimate of drug-likeness (QED) is 0.755. The first-order chi connectivity index (χ1) is 10.4. The summed E-state index contributed by atoms with van der Waals surface area (Å²) in [5.41, 5.74) is 7.29. The number of rotatable bonds is 6. The van der Waals surface area contributed by atoms with Crippen LogP contribution in [0.15, 0.2) is 48.5 Å². The molecule has 2 rings (SSSR count). The fraction of sp³-hybridized carbons (Fsp3) is 0.333. The summed E-state index contributed by atoms with van der Waals surface area (Å²) in [6.45, 7) is 4.10. The fourth-order valence-electron chi connectivity index (χ4n) is 2.14. The molecule has 0 aliphatic carbocycles. The maximum Gasteiger partial charge on any atom is 0.124 e. The molecule has 23 heavy (non-hydrogen) atoms. The summed E-state index contributed by atoms with van der Waals surface area (Å²) in [6.07, 6.45) is 0. The Labute approximate surface area is 143 Å². The highest BCUT2D eigenvalue weighted by molar-refractivity contribution is 5.85. The van der Waals surface area contributed by atoms with Gasteiger partial charge in [0.05, 0.1) is 0 Å². The topological polar surface area (TPSA) is 75.7 Å². The molecule has 0 saturated heterocycles. The molecule has 0 heterocycles. The number of phenolic OH excluding ortho intramolecular Hbond substituents is 1. The molecule has 0 unspecified atom stereocenters. The lowest BCUT2D eigenvalue weighted by molar-refractivity contribution is 0.131. The van der Waals surface area contributed by atoms with E-state index >= 15 is 0 Å². The number of nitrogens with two attached hydrogens (primary N) is 1. The zero-order valence-corrected chi connectivity index (χ0v) is 14.2. The average molecular weight is 338 g/mol. The SMILES string of the molecule is CC(C)(CO)[C@@H](N)c1ccc(OCc2ccccc2)cc1O.Cl. The molecule has 0 aliphatic heterocycles. The Morgan fingerprint density at radius 1 is 1.13 bits per heavy atom. The average Bonchev–Trinajstić information content (AvgIpc) is 2.53. The van der Waals surface area contributed by atoms with Crippen molar-refractivity contribution in [3.63, 3.8) is 0 Å². The van der Waals surface area contributed by atoms with Crippen molar-refractivity contribution in [3.05, 3.63) is 59.7 Å². The van der Waals surface area contributed by atoms with Gasteiger partial charge < -0.3 is 20.7 Å². The molecule has 2 aromatic rings. The van der Waals surface area contributed by atoms with Gasteiger partial charge in [0.25, 0.3) is 0 Å². The summed E-state index contributed by atoms with van der Waals surface area (Å²) in [5, 5.41) is 19.6. The number of halogens is 1. The van der Waals surface area contributed by atoms with E-state index in [1.807, 2.05) is 44.2 Å². The molecule has 4 N–H and O–H groups in total. The third kappa shape index (κ3) is 4.86. The second kappa shape index (κ2) is 8.20. The number of ether oxygens (including phenoxy) is 1. The van der Waals surface area contributed by atoms with Crippen molar-refractivity contribution in [1.82, 2.24) is 0 Å². The van der Waals surface area contributed by atoms with Crippen LogP contribution >= 0.6 is 12.4 Å². The van der Waals surface area contributed by atoms with E-state index in [0.717, 1.165) is 5.56 Å². The molecule has 0 radical (unpaired) electrons. The summed E-state index contributed by atoms with van der Waals surface area (Å²) in [5.74, 6) is 0.665. The van der Waals surface area contributed by atoms with Gasteiger partial charge in [-0.05, 0) is 11.6 Å². The minimum Gasteiger partial charge on any atom is -0.507 e. The minimum absolute atomic E-state index is 0.